The first kappa shape index (κ1) is 21.9. The molecule has 10 nitrogen and oxygen atoms in total. The lowest BCUT2D eigenvalue weighted by Crippen LogP contribution is -2.54. The molecule has 27 heavy (non-hydrogen) atoms. The summed E-state index contributed by atoms with van der Waals surface area (Å²) in [7, 11) is 0. The van der Waals surface area contributed by atoms with E-state index < -0.39 is 41.8 Å². The van der Waals surface area contributed by atoms with Gasteiger partial charge in [-0.05, 0) is 37.5 Å². The molecule has 0 fully saturated rings. The normalized spacial score (nSPS) is 13.9. The molecule has 3 unspecified atom stereocenters. The third-order valence-electron chi connectivity index (χ3n) is 3.77. The Bertz CT molecular complexity index is 691. The number of carboxylic acids is 1. The molecular weight excluding hydrogens is 356 g/mol. The number of carboxylic acid groups (broad SMARTS) is 1. The third-order valence-corrected chi connectivity index (χ3v) is 3.77. The number of hydrogen-bond donors (Lipinski definition) is 6. The molecule has 0 saturated heterocycles. The summed E-state index contributed by atoms with van der Waals surface area (Å²) in [6.45, 7) is 1.27. The van der Waals surface area contributed by atoms with E-state index in [9.17, 15) is 24.3 Å². The molecular formula is C17H24N4O6. The molecule has 0 spiro atoms. The number of benzene rings is 1. The number of rotatable bonds is 10. The first-order valence-electron chi connectivity index (χ1n) is 8.25. The van der Waals surface area contributed by atoms with Gasteiger partial charge in [0.2, 0.25) is 17.7 Å². The first-order chi connectivity index (χ1) is 12.6. The van der Waals surface area contributed by atoms with Crippen LogP contribution in [0.3, 0.4) is 0 Å². The van der Waals surface area contributed by atoms with Gasteiger partial charge >= 0.3 is 5.97 Å². The Hall–Kier alpha value is -3.14. The van der Waals surface area contributed by atoms with Crippen molar-refractivity contribution in [1.29, 1.82) is 0 Å². The van der Waals surface area contributed by atoms with E-state index in [1.54, 1.807) is 12.1 Å². The van der Waals surface area contributed by atoms with Gasteiger partial charge in [-0.15, -0.1) is 0 Å². The lowest BCUT2D eigenvalue weighted by atomic mass is 10.0. The Kier molecular flexibility index (Phi) is 8.21. The summed E-state index contributed by atoms with van der Waals surface area (Å²) < 4.78 is 0. The Balaban J connectivity index is 2.74. The summed E-state index contributed by atoms with van der Waals surface area (Å²) >= 11 is 0. The number of carbonyl (C=O) groups excluding carboxylic acids is 3. The van der Waals surface area contributed by atoms with Crippen LogP contribution in [-0.2, 0) is 25.6 Å². The molecule has 0 radical (unpaired) electrons. The number of carbonyl (C=O) groups is 4. The molecule has 1 aromatic rings. The van der Waals surface area contributed by atoms with Crippen molar-refractivity contribution in [2.24, 2.45) is 11.5 Å². The zero-order valence-electron chi connectivity index (χ0n) is 14.8. The fourth-order valence-electron chi connectivity index (χ4n) is 2.19. The first-order valence-corrected chi connectivity index (χ1v) is 8.25. The van der Waals surface area contributed by atoms with Crippen molar-refractivity contribution in [3.63, 3.8) is 0 Å². The summed E-state index contributed by atoms with van der Waals surface area (Å²) in [5, 5.41) is 22.8. The van der Waals surface area contributed by atoms with Crippen LogP contribution in [0.25, 0.3) is 0 Å². The molecule has 3 amide bonds. The lowest BCUT2D eigenvalue weighted by molar-refractivity contribution is -0.141. The van der Waals surface area contributed by atoms with Crippen LogP contribution in [0, 0.1) is 0 Å². The van der Waals surface area contributed by atoms with Gasteiger partial charge in [-0.2, -0.15) is 0 Å². The van der Waals surface area contributed by atoms with Gasteiger partial charge in [-0.25, -0.2) is 0 Å². The number of amides is 3. The SMILES string of the molecule is CC(NC(=O)C(CCC(N)=O)NC(=O)C(N)Cc1ccc(O)cc1)C(=O)O. The van der Waals surface area contributed by atoms with E-state index in [4.69, 9.17) is 16.6 Å². The van der Waals surface area contributed by atoms with Crippen LogP contribution in [-0.4, -0.2) is 52.0 Å². The van der Waals surface area contributed by atoms with Gasteiger partial charge in [0.05, 0.1) is 6.04 Å². The predicted octanol–water partition coefficient (Wildman–Crippen LogP) is -1.40. The van der Waals surface area contributed by atoms with Crippen molar-refractivity contribution >= 4 is 23.7 Å². The molecule has 0 aromatic heterocycles. The topological polar surface area (TPSA) is 185 Å². The average molecular weight is 380 g/mol. The van der Waals surface area contributed by atoms with Crippen molar-refractivity contribution in [3.8, 4) is 5.75 Å². The van der Waals surface area contributed by atoms with E-state index in [1.807, 2.05) is 0 Å². The van der Waals surface area contributed by atoms with Crippen LogP contribution >= 0.6 is 0 Å². The maximum atomic E-state index is 12.3. The zero-order valence-corrected chi connectivity index (χ0v) is 14.8. The standard InChI is InChI=1S/C17H24N4O6/c1-9(17(26)27)20-16(25)13(6-7-14(19)23)21-15(24)12(18)8-10-2-4-11(22)5-3-10/h2-5,9,12-13,22H,6-8,18H2,1H3,(H2,19,23)(H,20,25)(H,21,24)(H,26,27). The highest BCUT2D eigenvalue weighted by atomic mass is 16.4. The van der Waals surface area contributed by atoms with Crippen molar-refractivity contribution in [2.75, 3.05) is 0 Å². The maximum absolute atomic E-state index is 12.3. The van der Waals surface area contributed by atoms with Crippen LogP contribution in [0.5, 0.6) is 5.75 Å². The summed E-state index contributed by atoms with van der Waals surface area (Å²) in [5.74, 6) is -3.23. The van der Waals surface area contributed by atoms with Crippen molar-refractivity contribution < 1.29 is 29.4 Å². The van der Waals surface area contributed by atoms with Crippen molar-refractivity contribution in [2.45, 2.75) is 44.3 Å². The number of aliphatic carboxylic acids is 1. The molecule has 0 saturated carbocycles. The molecule has 3 atom stereocenters. The molecule has 0 aliphatic carbocycles. The molecule has 1 aromatic carbocycles. The zero-order chi connectivity index (χ0) is 20.6. The fourth-order valence-corrected chi connectivity index (χ4v) is 2.19. The Morgan fingerprint density at radius 3 is 2.19 bits per heavy atom. The minimum atomic E-state index is -1.24. The second-order valence-corrected chi connectivity index (χ2v) is 6.11. The van der Waals surface area contributed by atoms with Gasteiger partial charge in [0.1, 0.15) is 17.8 Å². The molecule has 148 valence electrons. The maximum Gasteiger partial charge on any atom is 0.325 e. The Morgan fingerprint density at radius 2 is 1.67 bits per heavy atom. The number of nitrogens with one attached hydrogen (secondary N) is 2. The minimum absolute atomic E-state index is 0.0764. The molecule has 10 heteroatoms. The monoisotopic (exact) mass is 380 g/mol. The average Bonchev–Trinajstić information content (AvgIpc) is 2.59. The van der Waals surface area contributed by atoms with E-state index in [2.05, 4.69) is 10.6 Å². The highest BCUT2D eigenvalue weighted by Crippen LogP contribution is 2.11. The molecule has 0 bridgehead atoms. The second kappa shape index (κ2) is 10.1. The van der Waals surface area contributed by atoms with E-state index in [0.717, 1.165) is 0 Å². The number of aromatic hydroxyl groups is 1. The number of nitrogens with two attached hydrogens (primary N) is 2. The summed E-state index contributed by atoms with van der Waals surface area (Å²) in [5.41, 5.74) is 11.6. The van der Waals surface area contributed by atoms with E-state index >= 15 is 0 Å². The van der Waals surface area contributed by atoms with Gasteiger partial charge in [0.15, 0.2) is 0 Å². The molecule has 8 N–H and O–H groups in total. The predicted molar refractivity (Wildman–Crippen MR) is 95.4 cm³/mol. The highest BCUT2D eigenvalue weighted by Gasteiger charge is 2.26. The van der Waals surface area contributed by atoms with Crippen LogP contribution in [0.4, 0.5) is 0 Å². The third kappa shape index (κ3) is 7.74. The Morgan fingerprint density at radius 1 is 1.07 bits per heavy atom. The van der Waals surface area contributed by atoms with Gasteiger partial charge in [-0.1, -0.05) is 12.1 Å². The summed E-state index contributed by atoms with van der Waals surface area (Å²) in [6, 6.07) is 2.80. The van der Waals surface area contributed by atoms with Gasteiger partial charge in [-0.3, -0.25) is 19.2 Å². The van der Waals surface area contributed by atoms with Gasteiger partial charge in [0, 0.05) is 6.42 Å². The smallest absolute Gasteiger partial charge is 0.325 e. The number of phenols is 1. The summed E-state index contributed by atoms with van der Waals surface area (Å²) in [6.07, 6.45) is -0.111. The molecule has 0 aliphatic rings. The van der Waals surface area contributed by atoms with E-state index in [0.29, 0.717) is 5.56 Å². The van der Waals surface area contributed by atoms with Gasteiger partial charge < -0.3 is 32.3 Å². The minimum Gasteiger partial charge on any atom is -0.508 e. The quantitative estimate of drug-likeness (QED) is 0.288. The fraction of sp³-hybridized carbons (Fsp3) is 0.412. The lowest BCUT2D eigenvalue weighted by Gasteiger charge is -2.21. The summed E-state index contributed by atoms with van der Waals surface area (Å²) in [4.78, 5) is 46.4. The molecule has 0 aliphatic heterocycles. The largest absolute Gasteiger partial charge is 0.508 e. The number of hydrogen-bond acceptors (Lipinski definition) is 6. The van der Waals surface area contributed by atoms with Crippen LogP contribution < -0.4 is 22.1 Å². The van der Waals surface area contributed by atoms with Crippen molar-refractivity contribution in [1.82, 2.24) is 10.6 Å². The van der Waals surface area contributed by atoms with Crippen LogP contribution in [0.2, 0.25) is 0 Å². The van der Waals surface area contributed by atoms with Crippen molar-refractivity contribution in [3.05, 3.63) is 29.8 Å². The molecule has 1 rings (SSSR count). The van der Waals surface area contributed by atoms with E-state index in [-0.39, 0.29) is 25.0 Å². The van der Waals surface area contributed by atoms with Gasteiger partial charge in [0.25, 0.3) is 0 Å². The van der Waals surface area contributed by atoms with E-state index in [1.165, 1.54) is 19.1 Å². The Labute approximate surface area is 155 Å². The van der Waals surface area contributed by atoms with Crippen LogP contribution in [0.15, 0.2) is 24.3 Å². The second-order valence-electron chi connectivity index (χ2n) is 6.11. The number of phenolic OH excluding ortho intramolecular Hbond substituents is 1. The highest BCUT2D eigenvalue weighted by molar-refractivity contribution is 5.92. The van der Waals surface area contributed by atoms with Crippen LogP contribution in [0.1, 0.15) is 25.3 Å². The number of primary amides is 1. The molecule has 0 heterocycles.